The third-order valence-corrected chi connectivity index (χ3v) is 5.05. The number of halogens is 1. The first-order chi connectivity index (χ1) is 12.6. The van der Waals surface area contributed by atoms with Crippen LogP contribution in [0.3, 0.4) is 0 Å². The molecule has 2 N–H and O–H groups in total. The van der Waals surface area contributed by atoms with Crippen LogP contribution in [0.15, 0.2) is 42.7 Å². The van der Waals surface area contributed by atoms with Crippen molar-refractivity contribution in [2.45, 2.75) is 6.54 Å². The summed E-state index contributed by atoms with van der Waals surface area (Å²) >= 11 is 7.90. The minimum absolute atomic E-state index is 0.623. The van der Waals surface area contributed by atoms with Gasteiger partial charge >= 0.3 is 0 Å². The summed E-state index contributed by atoms with van der Waals surface area (Å²) in [6.45, 7) is 0.864. The number of H-pyrrole nitrogens is 1. The van der Waals surface area contributed by atoms with Gasteiger partial charge in [-0.15, -0.1) is 11.3 Å². The van der Waals surface area contributed by atoms with E-state index in [1.54, 1.807) is 17.5 Å². The van der Waals surface area contributed by atoms with E-state index in [4.69, 9.17) is 11.6 Å². The van der Waals surface area contributed by atoms with Gasteiger partial charge in [-0.3, -0.25) is 10.1 Å². The third-order valence-electron chi connectivity index (χ3n) is 3.85. The van der Waals surface area contributed by atoms with Crippen molar-refractivity contribution >= 4 is 44.8 Å². The van der Waals surface area contributed by atoms with Crippen molar-refractivity contribution in [1.82, 2.24) is 25.1 Å². The van der Waals surface area contributed by atoms with E-state index in [1.807, 2.05) is 50.6 Å². The van der Waals surface area contributed by atoms with Crippen LogP contribution in [0.4, 0.5) is 10.9 Å². The maximum atomic E-state index is 6.28. The van der Waals surface area contributed by atoms with Crippen LogP contribution in [0, 0.1) is 0 Å². The zero-order chi connectivity index (χ0) is 18.1. The van der Waals surface area contributed by atoms with Gasteiger partial charge in [0.05, 0.1) is 16.2 Å². The first-order valence-electron chi connectivity index (χ1n) is 8.05. The van der Waals surface area contributed by atoms with Gasteiger partial charge in [-0.05, 0) is 38.4 Å². The Kier molecular flexibility index (Phi) is 4.58. The molecule has 0 fully saturated rings. The number of aromatic nitrogens is 4. The Balaban J connectivity index is 1.67. The number of fused-ring (bicyclic) bond motifs is 1. The SMILES string of the molecule is CN(C)Cc1cnc(Nc2n[nH]c3ccc(-c4ncccc4Cl)cc23)s1. The second-order valence-electron chi connectivity index (χ2n) is 6.16. The minimum Gasteiger partial charge on any atom is -0.314 e. The molecule has 0 radical (unpaired) electrons. The van der Waals surface area contributed by atoms with Crippen LogP contribution in [0.1, 0.15) is 4.88 Å². The quantitative estimate of drug-likeness (QED) is 0.528. The first-order valence-corrected chi connectivity index (χ1v) is 9.25. The molecule has 0 atom stereocenters. The summed E-state index contributed by atoms with van der Waals surface area (Å²) in [6.07, 6.45) is 3.63. The largest absolute Gasteiger partial charge is 0.314 e. The predicted octanol–water partition coefficient (Wildman–Crippen LogP) is 4.54. The smallest absolute Gasteiger partial charge is 0.188 e. The molecule has 3 aromatic heterocycles. The summed E-state index contributed by atoms with van der Waals surface area (Å²) < 4.78 is 0. The van der Waals surface area contributed by atoms with Crippen LogP contribution in [0.25, 0.3) is 22.2 Å². The van der Waals surface area contributed by atoms with Gasteiger partial charge in [-0.25, -0.2) is 4.98 Å². The summed E-state index contributed by atoms with van der Waals surface area (Å²) in [6, 6.07) is 9.65. The van der Waals surface area contributed by atoms with E-state index < -0.39 is 0 Å². The molecule has 0 saturated heterocycles. The number of hydrogen-bond acceptors (Lipinski definition) is 6. The highest BCUT2D eigenvalue weighted by Crippen LogP contribution is 2.32. The van der Waals surface area contributed by atoms with Crippen molar-refractivity contribution in [3.63, 3.8) is 0 Å². The van der Waals surface area contributed by atoms with Crippen molar-refractivity contribution in [2.24, 2.45) is 0 Å². The summed E-state index contributed by atoms with van der Waals surface area (Å²) in [5.74, 6) is 0.736. The van der Waals surface area contributed by atoms with Crippen LogP contribution in [-0.2, 0) is 6.54 Å². The van der Waals surface area contributed by atoms with Crippen LogP contribution in [-0.4, -0.2) is 39.2 Å². The number of benzene rings is 1. The topological polar surface area (TPSA) is 69.7 Å². The van der Waals surface area contributed by atoms with Crippen LogP contribution in [0.5, 0.6) is 0 Å². The maximum absolute atomic E-state index is 6.28. The number of thiazole rings is 1. The second kappa shape index (κ2) is 7.03. The number of nitrogens with one attached hydrogen (secondary N) is 2. The molecule has 0 aliphatic rings. The van der Waals surface area contributed by atoms with Crippen molar-refractivity contribution in [3.8, 4) is 11.3 Å². The Morgan fingerprint density at radius 2 is 2.12 bits per heavy atom. The Hall–Kier alpha value is -2.48. The Morgan fingerprint density at radius 3 is 2.92 bits per heavy atom. The van der Waals surface area contributed by atoms with Gasteiger partial charge in [0.25, 0.3) is 0 Å². The molecular formula is C18H17ClN6S. The number of anilines is 2. The van der Waals surface area contributed by atoms with Crippen molar-refractivity contribution in [2.75, 3.05) is 19.4 Å². The Bertz CT molecular complexity index is 1050. The van der Waals surface area contributed by atoms with Gasteiger partial charge in [0.1, 0.15) is 0 Å². The first kappa shape index (κ1) is 17.0. The molecule has 8 heteroatoms. The molecule has 4 aromatic rings. The van der Waals surface area contributed by atoms with Gasteiger partial charge in [0, 0.05) is 34.8 Å². The molecular weight excluding hydrogens is 368 g/mol. The molecule has 0 spiro atoms. The minimum atomic E-state index is 0.623. The van der Waals surface area contributed by atoms with Crippen molar-refractivity contribution in [1.29, 1.82) is 0 Å². The number of aromatic amines is 1. The van der Waals surface area contributed by atoms with E-state index >= 15 is 0 Å². The van der Waals surface area contributed by atoms with Crippen LogP contribution in [0.2, 0.25) is 5.02 Å². The molecule has 132 valence electrons. The van der Waals surface area contributed by atoms with E-state index in [2.05, 4.69) is 30.4 Å². The molecule has 0 unspecified atom stereocenters. The second-order valence-corrected chi connectivity index (χ2v) is 7.68. The van der Waals surface area contributed by atoms with Crippen LogP contribution < -0.4 is 5.32 Å². The summed E-state index contributed by atoms with van der Waals surface area (Å²) in [5, 5.41) is 13.1. The molecule has 0 aliphatic carbocycles. The normalized spacial score (nSPS) is 11.4. The number of nitrogens with zero attached hydrogens (tertiary/aromatic N) is 4. The zero-order valence-corrected chi connectivity index (χ0v) is 15.9. The molecule has 0 aliphatic heterocycles. The molecule has 3 heterocycles. The summed E-state index contributed by atoms with van der Waals surface area (Å²) in [5.41, 5.74) is 2.64. The lowest BCUT2D eigenvalue weighted by Crippen LogP contribution is -2.09. The van der Waals surface area contributed by atoms with Gasteiger partial charge in [0.15, 0.2) is 10.9 Å². The average Bonchev–Trinajstić information content (AvgIpc) is 3.22. The van der Waals surface area contributed by atoms with Gasteiger partial charge < -0.3 is 10.2 Å². The number of pyridine rings is 1. The lowest BCUT2D eigenvalue weighted by molar-refractivity contribution is 0.406. The van der Waals surface area contributed by atoms with E-state index in [0.717, 1.165) is 39.7 Å². The average molecular weight is 385 g/mol. The van der Waals surface area contributed by atoms with Gasteiger partial charge in [0.2, 0.25) is 0 Å². The predicted molar refractivity (Wildman–Crippen MR) is 107 cm³/mol. The fraction of sp³-hybridized carbons (Fsp3) is 0.167. The highest BCUT2D eigenvalue weighted by atomic mass is 35.5. The lowest BCUT2D eigenvalue weighted by Gasteiger charge is -2.05. The Labute approximate surface area is 159 Å². The lowest BCUT2D eigenvalue weighted by atomic mass is 10.1. The van der Waals surface area contributed by atoms with Crippen molar-refractivity contribution in [3.05, 3.63) is 52.6 Å². The molecule has 1 aromatic carbocycles. The molecule has 0 saturated carbocycles. The van der Waals surface area contributed by atoms with Gasteiger partial charge in [-0.1, -0.05) is 17.7 Å². The monoisotopic (exact) mass is 384 g/mol. The van der Waals surface area contributed by atoms with E-state index in [9.17, 15) is 0 Å². The zero-order valence-electron chi connectivity index (χ0n) is 14.3. The fourth-order valence-corrected chi connectivity index (χ4v) is 3.87. The highest BCUT2D eigenvalue weighted by molar-refractivity contribution is 7.15. The fourth-order valence-electron chi connectivity index (χ4n) is 2.71. The molecule has 4 rings (SSSR count). The molecule has 6 nitrogen and oxygen atoms in total. The van der Waals surface area contributed by atoms with Crippen LogP contribution >= 0.6 is 22.9 Å². The third kappa shape index (κ3) is 3.41. The molecule has 0 amide bonds. The van der Waals surface area contributed by atoms with Crippen molar-refractivity contribution < 1.29 is 0 Å². The number of rotatable bonds is 5. The molecule has 0 bridgehead atoms. The number of hydrogen-bond donors (Lipinski definition) is 2. The maximum Gasteiger partial charge on any atom is 0.188 e. The van der Waals surface area contributed by atoms with E-state index in [1.165, 1.54) is 4.88 Å². The van der Waals surface area contributed by atoms with Gasteiger partial charge in [-0.2, -0.15) is 5.10 Å². The molecule has 26 heavy (non-hydrogen) atoms. The highest BCUT2D eigenvalue weighted by Gasteiger charge is 2.12. The Morgan fingerprint density at radius 1 is 1.23 bits per heavy atom. The van der Waals surface area contributed by atoms with E-state index in [-0.39, 0.29) is 0 Å². The summed E-state index contributed by atoms with van der Waals surface area (Å²) in [4.78, 5) is 12.1. The standard InChI is InChI=1S/C18H17ClN6S/c1-25(2)10-12-9-21-18(26-12)22-17-13-8-11(5-6-15(13)23-24-17)16-14(19)4-3-7-20-16/h3-9H,10H2,1-2H3,(H2,21,22,23,24). The van der Waals surface area contributed by atoms with E-state index in [0.29, 0.717) is 5.02 Å². The summed E-state index contributed by atoms with van der Waals surface area (Å²) in [7, 11) is 4.08.